The van der Waals surface area contributed by atoms with Crippen molar-refractivity contribution in [2.24, 2.45) is 10.7 Å². The Labute approximate surface area is 173 Å². The Morgan fingerprint density at radius 2 is 1.93 bits per heavy atom. The van der Waals surface area contributed by atoms with E-state index in [2.05, 4.69) is 15.1 Å². The van der Waals surface area contributed by atoms with Crippen LogP contribution in [0.1, 0.15) is 11.3 Å². The summed E-state index contributed by atoms with van der Waals surface area (Å²) in [5, 5.41) is 4.56. The molecule has 2 N–H and O–H groups in total. The lowest BCUT2D eigenvalue weighted by molar-refractivity contribution is 0.822. The van der Waals surface area contributed by atoms with E-state index in [9.17, 15) is 4.79 Å². The van der Waals surface area contributed by atoms with Gasteiger partial charge in [0.25, 0.3) is 0 Å². The summed E-state index contributed by atoms with van der Waals surface area (Å²) in [5.74, 6) is 0. The van der Waals surface area contributed by atoms with E-state index in [1.807, 2.05) is 66.2 Å². The van der Waals surface area contributed by atoms with Gasteiger partial charge in [0.1, 0.15) is 0 Å². The van der Waals surface area contributed by atoms with E-state index in [-0.39, 0.29) is 11.1 Å². The molecule has 2 aromatic heterocycles. The highest BCUT2D eigenvalue weighted by molar-refractivity contribution is 6.08. The molecule has 0 aliphatic heterocycles. The Balaban J connectivity index is 1.78. The molecule has 0 radical (unpaired) electrons. The van der Waals surface area contributed by atoms with Crippen LogP contribution in [0.3, 0.4) is 0 Å². The Bertz CT molecular complexity index is 1270. The smallest absolute Gasteiger partial charge is 0.209 e. The van der Waals surface area contributed by atoms with E-state index in [0.717, 1.165) is 16.9 Å². The minimum absolute atomic E-state index is 0.223. The molecular formula is C23H20N6O. The summed E-state index contributed by atoms with van der Waals surface area (Å²) in [6.07, 6.45) is 9.95. The maximum absolute atomic E-state index is 12.6. The Morgan fingerprint density at radius 1 is 1.10 bits per heavy atom. The van der Waals surface area contributed by atoms with Crippen LogP contribution in [0, 0.1) is 6.92 Å². The third-order valence-corrected chi connectivity index (χ3v) is 4.54. The summed E-state index contributed by atoms with van der Waals surface area (Å²) in [4.78, 5) is 21.2. The zero-order valence-electron chi connectivity index (χ0n) is 16.4. The Morgan fingerprint density at radius 3 is 2.63 bits per heavy atom. The summed E-state index contributed by atoms with van der Waals surface area (Å²) < 4.78 is 3.60. The zero-order valence-corrected chi connectivity index (χ0v) is 16.4. The van der Waals surface area contributed by atoms with Gasteiger partial charge in [-0.2, -0.15) is 5.10 Å². The largest absolute Gasteiger partial charge is 0.405 e. The van der Waals surface area contributed by atoms with E-state index in [0.29, 0.717) is 11.4 Å². The number of nitrogens with zero attached hydrogens (tertiary/aromatic N) is 5. The lowest BCUT2D eigenvalue weighted by Gasteiger charge is -2.12. The first kappa shape index (κ1) is 19.1. The number of benzene rings is 2. The highest BCUT2D eigenvalue weighted by atomic mass is 16.1. The number of nitrogens with two attached hydrogens (primary N) is 1. The van der Waals surface area contributed by atoms with Crippen LogP contribution < -0.4 is 11.2 Å². The number of hydrogen-bond acceptors (Lipinski definition) is 5. The maximum Gasteiger partial charge on any atom is 0.209 e. The summed E-state index contributed by atoms with van der Waals surface area (Å²) >= 11 is 0. The van der Waals surface area contributed by atoms with Gasteiger partial charge >= 0.3 is 0 Å². The van der Waals surface area contributed by atoms with E-state index in [1.54, 1.807) is 29.5 Å². The predicted octanol–water partition coefficient (Wildman–Crippen LogP) is 3.32. The van der Waals surface area contributed by atoms with Crippen LogP contribution in [-0.2, 0) is 0 Å². The van der Waals surface area contributed by atoms with Crippen molar-refractivity contribution < 1.29 is 0 Å². The number of hydrogen-bond donors (Lipinski definition) is 1. The topological polar surface area (TPSA) is 91.1 Å². The predicted molar refractivity (Wildman–Crippen MR) is 118 cm³/mol. The van der Waals surface area contributed by atoms with Crippen LogP contribution in [-0.4, -0.2) is 25.0 Å². The molecule has 0 unspecified atom stereocenters. The van der Waals surface area contributed by atoms with Gasteiger partial charge in [-0.15, -0.1) is 0 Å². The number of rotatable bonds is 5. The molecule has 7 heteroatoms. The molecule has 0 aliphatic carbocycles. The fraction of sp³-hybridized carbons (Fsp3) is 0.0435. The van der Waals surface area contributed by atoms with E-state index < -0.39 is 0 Å². The molecule has 0 bridgehead atoms. The van der Waals surface area contributed by atoms with Gasteiger partial charge in [-0.05, 0) is 55.1 Å². The summed E-state index contributed by atoms with van der Waals surface area (Å²) in [7, 11) is 0. The lowest BCUT2D eigenvalue weighted by atomic mass is 10.1. The second-order valence-corrected chi connectivity index (χ2v) is 6.61. The fourth-order valence-electron chi connectivity index (χ4n) is 3.09. The molecule has 148 valence electrons. The molecule has 4 aromatic rings. The molecular weight excluding hydrogens is 376 g/mol. The van der Waals surface area contributed by atoms with Crippen LogP contribution in [0.5, 0.6) is 0 Å². The zero-order chi connectivity index (χ0) is 20.9. The first-order valence-corrected chi connectivity index (χ1v) is 9.37. The van der Waals surface area contributed by atoms with Crippen molar-refractivity contribution >= 4 is 11.4 Å². The van der Waals surface area contributed by atoms with Crippen LogP contribution in [0.15, 0.2) is 102 Å². The standard InChI is InChI=1S/C23H20N6O/c1-17-15-19(28-14-12-25-16-28)7-8-21(17)29-13-10-22(30)23(27-29)20(9-11-24)26-18-5-3-2-4-6-18/h2-16H,24H2,1H3. The van der Waals surface area contributed by atoms with Gasteiger partial charge < -0.3 is 10.3 Å². The van der Waals surface area contributed by atoms with Crippen LogP contribution in [0.2, 0.25) is 0 Å². The third kappa shape index (κ3) is 3.95. The van der Waals surface area contributed by atoms with Crippen molar-refractivity contribution in [1.82, 2.24) is 19.3 Å². The van der Waals surface area contributed by atoms with Crippen molar-refractivity contribution in [1.29, 1.82) is 0 Å². The van der Waals surface area contributed by atoms with Gasteiger partial charge in [-0.3, -0.25) is 4.79 Å². The van der Waals surface area contributed by atoms with Crippen molar-refractivity contribution in [2.75, 3.05) is 0 Å². The molecule has 0 atom stereocenters. The lowest BCUT2D eigenvalue weighted by Crippen LogP contribution is -2.20. The molecule has 2 aromatic carbocycles. The molecule has 0 fully saturated rings. The average molecular weight is 396 g/mol. The highest BCUT2D eigenvalue weighted by Crippen LogP contribution is 2.18. The summed E-state index contributed by atoms with van der Waals surface area (Å²) in [6.45, 7) is 1.99. The highest BCUT2D eigenvalue weighted by Gasteiger charge is 2.11. The maximum atomic E-state index is 12.6. The van der Waals surface area contributed by atoms with Gasteiger partial charge in [0, 0.05) is 30.3 Å². The van der Waals surface area contributed by atoms with E-state index in [4.69, 9.17) is 5.73 Å². The van der Waals surface area contributed by atoms with Gasteiger partial charge in [0.15, 0.2) is 5.69 Å². The number of imidazole rings is 1. The minimum atomic E-state index is -0.230. The first-order valence-electron chi connectivity index (χ1n) is 9.37. The quantitative estimate of drug-likeness (QED) is 0.524. The number of allylic oxidation sites excluding steroid dienone is 1. The normalized spacial score (nSPS) is 11.8. The van der Waals surface area contributed by atoms with Gasteiger partial charge in [0.2, 0.25) is 5.43 Å². The summed E-state index contributed by atoms with van der Waals surface area (Å²) in [6, 6.07) is 16.8. The van der Waals surface area contributed by atoms with Gasteiger partial charge in [-0.25, -0.2) is 14.7 Å². The molecule has 30 heavy (non-hydrogen) atoms. The van der Waals surface area contributed by atoms with Crippen LogP contribution in [0.4, 0.5) is 5.69 Å². The molecule has 0 spiro atoms. The number of para-hydroxylation sites is 1. The molecule has 0 saturated heterocycles. The van der Waals surface area contributed by atoms with Crippen molar-refractivity contribution in [3.8, 4) is 11.4 Å². The van der Waals surface area contributed by atoms with Gasteiger partial charge in [0.05, 0.1) is 23.4 Å². The van der Waals surface area contributed by atoms with Crippen molar-refractivity contribution in [3.05, 3.63) is 113 Å². The molecule has 4 rings (SSSR count). The number of aromatic nitrogens is 4. The Kier molecular flexibility index (Phi) is 5.34. The molecule has 7 nitrogen and oxygen atoms in total. The first-order chi connectivity index (χ1) is 14.7. The monoisotopic (exact) mass is 396 g/mol. The Hall–Kier alpha value is -4.26. The third-order valence-electron chi connectivity index (χ3n) is 4.54. The molecule has 0 saturated carbocycles. The second kappa shape index (κ2) is 8.40. The van der Waals surface area contributed by atoms with E-state index >= 15 is 0 Å². The molecule has 0 amide bonds. The van der Waals surface area contributed by atoms with Gasteiger partial charge in [-0.1, -0.05) is 18.2 Å². The molecule has 2 heterocycles. The summed E-state index contributed by atoms with van der Waals surface area (Å²) in [5.41, 5.74) is 9.55. The van der Waals surface area contributed by atoms with E-state index in [1.165, 1.54) is 12.3 Å². The van der Waals surface area contributed by atoms with Crippen LogP contribution in [0.25, 0.3) is 11.4 Å². The molecule has 0 aliphatic rings. The number of aliphatic imine (C=N–C) groups is 1. The van der Waals surface area contributed by atoms with Crippen molar-refractivity contribution in [2.45, 2.75) is 6.92 Å². The van der Waals surface area contributed by atoms with Crippen LogP contribution >= 0.6 is 0 Å². The minimum Gasteiger partial charge on any atom is -0.405 e. The SMILES string of the molecule is Cc1cc(-n2ccnc2)ccc1-n1ccc(=O)c(C(C=CN)=Nc2ccccc2)n1. The fourth-order valence-corrected chi connectivity index (χ4v) is 3.09. The van der Waals surface area contributed by atoms with Crippen molar-refractivity contribution in [3.63, 3.8) is 0 Å². The second-order valence-electron chi connectivity index (χ2n) is 6.61. The number of aryl methyl sites for hydroxylation is 1. The average Bonchev–Trinajstić information content (AvgIpc) is 3.30.